The van der Waals surface area contributed by atoms with Gasteiger partial charge in [-0.25, -0.2) is 24.0 Å². The van der Waals surface area contributed by atoms with Crippen molar-refractivity contribution in [1.29, 1.82) is 0 Å². The summed E-state index contributed by atoms with van der Waals surface area (Å²) in [4.78, 5) is 57.7. The van der Waals surface area contributed by atoms with E-state index in [1.807, 2.05) is 0 Å². The highest BCUT2D eigenvalue weighted by molar-refractivity contribution is 6.30. The normalized spacial score (nSPS) is 11.7. The van der Waals surface area contributed by atoms with Crippen molar-refractivity contribution in [2.24, 2.45) is 0 Å². The molecule has 0 aliphatic carbocycles. The molecule has 0 aliphatic rings. The Morgan fingerprint density at radius 3 is 1.48 bits per heavy atom. The first-order valence-electron chi connectivity index (χ1n) is 12.0. The van der Waals surface area contributed by atoms with Crippen LogP contribution in [-0.2, 0) is 19.1 Å². The first kappa shape index (κ1) is 31.1. The fourth-order valence-electron chi connectivity index (χ4n) is 3.45. The highest BCUT2D eigenvalue weighted by Crippen LogP contribution is 2.26. The zero-order valence-corrected chi connectivity index (χ0v) is 22.6. The van der Waals surface area contributed by atoms with Gasteiger partial charge in [-0.2, -0.15) is 0 Å². The van der Waals surface area contributed by atoms with Crippen molar-refractivity contribution in [2.45, 2.75) is 19.1 Å². The van der Waals surface area contributed by atoms with Gasteiger partial charge in [-0.1, -0.05) is 48.0 Å². The molecular weight excluding hydrogens is 572 g/mol. The topological polar surface area (TPSA) is 178 Å². The van der Waals surface area contributed by atoms with Crippen LogP contribution in [0.3, 0.4) is 0 Å². The van der Waals surface area contributed by atoms with Gasteiger partial charge >= 0.3 is 29.8 Å². The van der Waals surface area contributed by atoms with E-state index < -0.39 is 42.1 Å². The highest BCUT2D eigenvalue weighted by Gasteiger charge is 2.41. The smallest absolute Gasteiger partial charge is 0.349 e. The summed E-state index contributed by atoms with van der Waals surface area (Å²) in [6.45, 7) is 1.63. The van der Waals surface area contributed by atoms with E-state index in [9.17, 15) is 34.2 Å². The van der Waals surface area contributed by atoms with Gasteiger partial charge in [0.2, 0.25) is 12.2 Å². The Balaban J connectivity index is 0.000000258. The van der Waals surface area contributed by atoms with Crippen LogP contribution in [0.1, 0.15) is 36.8 Å². The second-order valence-corrected chi connectivity index (χ2v) is 8.89. The molecule has 0 saturated heterocycles. The number of aliphatic carboxylic acids is 2. The molecule has 0 fully saturated rings. The number of carbonyl (C=O) groups excluding carboxylic acids is 2. The monoisotopic (exact) mass is 594 g/mol. The van der Waals surface area contributed by atoms with E-state index in [1.54, 1.807) is 43.3 Å². The number of aromatic carboxylic acids is 1. The summed E-state index contributed by atoms with van der Waals surface area (Å²) >= 11 is 5.76. The molecule has 0 bridgehead atoms. The van der Waals surface area contributed by atoms with E-state index in [4.69, 9.17) is 30.6 Å². The van der Waals surface area contributed by atoms with Gasteiger partial charge in [-0.05, 0) is 61.5 Å². The molecule has 1 heterocycles. The second-order valence-electron chi connectivity index (χ2n) is 8.45. The average molecular weight is 595 g/mol. The van der Waals surface area contributed by atoms with Crippen molar-refractivity contribution in [3.63, 3.8) is 0 Å². The Morgan fingerprint density at radius 1 is 0.690 bits per heavy atom. The van der Waals surface area contributed by atoms with Crippen LogP contribution in [0, 0.1) is 6.92 Å². The van der Waals surface area contributed by atoms with E-state index >= 15 is 0 Å². The number of benzene rings is 3. The van der Waals surface area contributed by atoms with Crippen LogP contribution in [0.4, 0.5) is 0 Å². The predicted octanol–water partition coefficient (Wildman–Crippen LogP) is 5.21. The fourth-order valence-corrected chi connectivity index (χ4v) is 3.58. The van der Waals surface area contributed by atoms with Gasteiger partial charge in [-0.3, -0.25) is 0 Å². The van der Waals surface area contributed by atoms with Gasteiger partial charge < -0.3 is 29.2 Å². The zero-order valence-electron chi connectivity index (χ0n) is 21.8. The molecule has 0 saturated carbocycles. The number of furan rings is 1. The van der Waals surface area contributed by atoms with Crippen molar-refractivity contribution in [3.05, 3.63) is 118 Å². The number of hydrogen-bond acceptors (Lipinski definition) is 8. The van der Waals surface area contributed by atoms with E-state index in [-0.39, 0.29) is 16.7 Å². The molecule has 42 heavy (non-hydrogen) atoms. The summed E-state index contributed by atoms with van der Waals surface area (Å²) in [6, 6.07) is 23.4. The third-order valence-corrected chi connectivity index (χ3v) is 5.78. The molecule has 4 rings (SSSR count). The third kappa shape index (κ3) is 8.29. The van der Waals surface area contributed by atoms with Crippen LogP contribution in [0.25, 0.3) is 11.3 Å². The lowest BCUT2D eigenvalue weighted by atomic mass is 10.1. The van der Waals surface area contributed by atoms with Crippen LogP contribution in [-0.4, -0.2) is 57.4 Å². The SMILES string of the molecule is Cc1oc(-c2ccc(Cl)cc2)cc1C(=O)O.O=C(O[C@H](C(=O)O)[C@H](OC(=O)c1ccccc1)C(=O)O)c1ccccc1. The van der Waals surface area contributed by atoms with Crippen molar-refractivity contribution < 1.29 is 53.2 Å². The predicted molar refractivity (Wildman–Crippen MR) is 147 cm³/mol. The lowest BCUT2D eigenvalue weighted by molar-refractivity contribution is -0.166. The number of aryl methyl sites for hydroxylation is 1. The molecule has 2 atom stereocenters. The Kier molecular flexibility index (Phi) is 10.6. The minimum atomic E-state index is -2.21. The lowest BCUT2D eigenvalue weighted by Gasteiger charge is -2.21. The molecular formula is C30H23ClO11. The van der Waals surface area contributed by atoms with Crippen molar-refractivity contribution >= 4 is 41.4 Å². The summed E-state index contributed by atoms with van der Waals surface area (Å²) in [5.74, 6) is -5.68. The number of rotatable bonds is 9. The zero-order chi connectivity index (χ0) is 30.8. The Morgan fingerprint density at radius 2 is 1.12 bits per heavy atom. The maximum absolute atomic E-state index is 12.0. The molecule has 0 spiro atoms. The van der Waals surface area contributed by atoms with Gasteiger partial charge in [-0.15, -0.1) is 0 Å². The number of carboxylic acid groups (broad SMARTS) is 3. The molecule has 12 heteroatoms. The van der Waals surface area contributed by atoms with Crippen LogP contribution < -0.4 is 0 Å². The number of esters is 2. The molecule has 0 unspecified atom stereocenters. The lowest BCUT2D eigenvalue weighted by Crippen LogP contribution is -2.45. The molecule has 216 valence electrons. The van der Waals surface area contributed by atoms with Gasteiger partial charge in [0.25, 0.3) is 0 Å². The molecule has 0 radical (unpaired) electrons. The van der Waals surface area contributed by atoms with Crippen LogP contribution in [0.15, 0.2) is 95.4 Å². The second kappa shape index (κ2) is 14.3. The molecule has 0 aliphatic heterocycles. The largest absolute Gasteiger partial charge is 0.478 e. The summed E-state index contributed by atoms with van der Waals surface area (Å²) in [5.41, 5.74) is 1.04. The van der Waals surface area contributed by atoms with E-state index in [0.29, 0.717) is 16.5 Å². The number of hydrogen-bond donors (Lipinski definition) is 3. The first-order chi connectivity index (χ1) is 20.0. The number of carbonyl (C=O) groups is 5. The van der Waals surface area contributed by atoms with Crippen LogP contribution >= 0.6 is 11.6 Å². The van der Waals surface area contributed by atoms with Gasteiger partial charge in [0.15, 0.2) is 0 Å². The van der Waals surface area contributed by atoms with E-state index in [2.05, 4.69) is 0 Å². The van der Waals surface area contributed by atoms with Gasteiger partial charge in [0, 0.05) is 10.6 Å². The van der Waals surface area contributed by atoms with Crippen LogP contribution in [0.5, 0.6) is 0 Å². The Bertz CT molecular complexity index is 1490. The summed E-state index contributed by atoms with van der Waals surface area (Å²) in [6.07, 6.45) is -4.43. The van der Waals surface area contributed by atoms with E-state index in [1.165, 1.54) is 54.6 Å². The molecule has 3 N–H and O–H groups in total. The summed E-state index contributed by atoms with van der Waals surface area (Å²) in [7, 11) is 0. The first-order valence-corrected chi connectivity index (χ1v) is 12.4. The van der Waals surface area contributed by atoms with E-state index in [0.717, 1.165) is 5.56 Å². The molecule has 4 aromatic rings. The molecule has 1 aromatic heterocycles. The number of carboxylic acids is 3. The average Bonchev–Trinajstić information content (AvgIpc) is 3.37. The van der Waals surface area contributed by atoms with Crippen molar-refractivity contribution in [2.75, 3.05) is 0 Å². The Hall–Kier alpha value is -5.42. The maximum atomic E-state index is 12.0. The Labute approximate surface area is 243 Å². The highest BCUT2D eigenvalue weighted by atomic mass is 35.5. The quantitative estimate of drug-likeness (QED) is 0.216. The molecule has 0 amide bonds. The molecule has 11 nitrogen and oxygen atoms in total. The number of halogens is 1. The van der Waals surface area contributed by atoms with Crippen LogP contribution in [0.2, 0.25) is 5.02 Å². The van der Waals surface area contributed by atoms with Gasteiger partial charge in [0.1, 0.15) is 17.1 Å². The number of ether oxygens (including phenoxy) is 2. The van der Waals surface area contributed by atoms with Crippen molar-refractivity contribution in [3.8, 4) is 11.3 Å². The minimum Gasteiger partial charge on any atom is -0.478 e. The minimum absolute atomic E-state index is 0.0253. The third-order valence-electron chi connectivity index (χ3n) is 5.53. The summed E-state index contributed by atoms with van der Waals surface area (Å²) < 4.78 is 14.9. The standard InChI is InChI=1S/C18H14O8.C12H9ClO3/c19-15(20)13(25-17(23)11-7-3-1-4-8-11)14(16(21)22)26-18(24)12-9-5-2-6-10-12;1-7-10(12(14)15)6-11(16-7)8-2-4-9(13)5-3-8/h1-10,13-14H,(H,19,20)(H,21,22);2-6H,1H3,(H,14,15)/t13-,14-;/m0./s1. The molecule has 3 aromatic carbocycles. The van der Waals surface area contributed by atoms with Crippen molar-refractivity contribution in [1.82, 2.24) is 0 Å². The maximum Gasteiger partial charge on any atom is 0.349 e. The van der Waals surface area contributed by atoms with Gasteiger partial charge in [0.05, 0.1) is 11.1 Å². The summed E-state index contributed by atoms with van der Waals surface area (Å²) in [5, 5.41) is 28.0. The fraction of sp³-hybridized carbons (Fsp3) is 0.100.